The van der Waals surface area contributed by atoms with Crippen molar-refractivity contribution < 1.29 is 14.7 Å². The summed E-state index contributed by atoms with van der Waals surface area (Å²) in [5.41, 5.74) is 0. The van der Waals surface area contributed by atoms with E-state index in [9.17, 15) is 9.59 Å². The maximum atomic E-state index is 12.9. The second-order valence-electron chi connectivity index (χ2n) is 6.30. The van der Waals surface area contributed by atoms with Gasteiger partial charge in [-0.05, 0) is 39.0 Å². The predicted molar refractivity (Wildman–Crippen MR) is 81.2 cm³/mol. The number of carboxylic acid groups (broad SMARTS) is 1. The monoisotopic (exact) mass is 296 g/mol. The number of carbonyl (C=O) groups excluding carboxylic acids is 1. The van der Waals surface area contributed by atoms with Crippen LogP contribution in [0.25, 0.3) is 0 Å². The van der Waals surface area contributed by atoms with Crippen molar-refractivity contribution in [2.75, 3.05) is 13.1 Å². The molecule has 1 aliphatic heterocycles. The van der Waals surface area contributed by atoms with Crippen LogP contribution in [0.5, 0.6) is 0 Å². The zero-order chi connectivity index (χ0) is 15.2. The molecule has 2 fully saturated rings. The van der Waals surface area contributed by atoms with Crippen LogP contribution in [0.3, 0.4) is 0 Å². The summed E-state index contributed by atoms with van der Waals surface area (Å²) >= 11 is 0. The Kier molecular flexibility index (Phi) is 5.88. The lowest BCUT2D eigenvalue weighted by Gasteiger charge is -2.42. The summed E-state index contributed by atoms with van der Waals surface area (Å²) in [4.78, 5) is 27.7. The third-order valence-electron chi connectivity index (χ3n) is 4.88. The quantitative estimate of drug-likeness (QED) is 0.867. The minimum absolute atomic E-state index is 0.0651. The molecule has 5 heteroatoms. The van der Waals surface area contributed by atoms with E-state index in [1.54, 1.807) is 0 Å². The number of likely N-dealkylation sites (tertiary alicyclic amines) is 1. The summed E-state index contributed by atoms with van der Waals surface area (Å²) in [5, 5.41) is 9.06. The highest BCUT2D eigenvalue weighted by Crippen LogP contribution is 2.26. The van der Waals surface area contributed by atoms with Crippen molar-refractivity contribution in [3.8, 4) is 0 Å². The minimum Gasteiger partial charge on any atom is -0.481 e. The predicted octanol–water partition coefficient (Wildman–Crippen LogP) is 3.09. The van der Waals surface area contributed by atoms with Gasteiger partial charge in [-0.15, -0.1) is 0 Å². The zero-order valence-corrected chi connectivity index (χ0v) is 13.1. The molecule has 1 N–H and O–H groups in total. The lowest BCUT2D eigenvalue weighted by atomic mass is 9.94. The molecule has 5 nitrogen and oxygen atoms in total. The zero-order valence-electron chi connectivity index (χ0n) is 13.1. The molecule has 120 valence electrons. The van der Waals surface area contributed by atoms with Crippen molar-refractivity contribution in [1.29, 1.82) is 0 Å². The topological polar surface area (TPSA) is 60.9 Å². The van der Waals surface area contributed by atoms with Gasteiger partial charge in [0.1, 0.15) is 0 Å². The van der Waals surface area contributed by atoms with Gasteiger partial charge in [0.15, 0.2) is 0 Å². The van der Waals surface area contributed by atoms with Crippen molar-refractivity contribution in [1.82, 2.24) is 9.80 Å². The summed E-state index contributed by atoms with van der Waals surface area (Å²) in [7, 11) is 0. The Morgan fingerprint density at radius 2 is 1.76 bits per heavy atom. The molecule has 1 saturated carbocycles. The van der Waals surface area contributed by atoms with Crippen molar-refractivity contribution in [2.45, 2.75) is 76.8 Å². The second-order valence-corrected chi connectivity index (χ2v) is 6.30. The van der Waals surface area contributed by atoms with Crippen LogP contribution >= 0.6 is 0 Å². The van der Waals surface area contributed by atoms with Gasteiger partial charge in [0.25, 0.3) is 0 Å². The Morgan fingerprint density at radius 3 is 2.38 bits per heavy atom. The molecule has 2 aliphatic rings. The van der Waals surface area contributed by atoms with Gasteiger partial charge in [0.2, 0.25) is 0 Å². The van der Waals surface area contributed by atoms with E-state index in [4.69, 9.17) is 5.11 Å². The third kappa shape index (κ3) is 4.11. The van der Waals surface area contributed by atoms with Gasteiger partial charge in [0, 0.05) is 25.2 Å². The molecule has 0 aromatic carbocycles. The lowest BCUT2D eigenvalue weighted by molar-refractivity contribution is -0.138. The minimum atomic E-state index is -0.805. The first kappa shape index (κ1) is 16.1. The summed E-state index contributed by atoms with van der Waals surface area (Å²) in [6, 6.07) is 0.292. The Bertz CT molecular complexity index is 367. The molecule has 0 aromatic rings. The van der Waals surface area contributed by atoms with Crippen LogP contribution in [0, 0.1) is 0 Å². The fraction of sp³-hybridized carbons (Fsp3) is 0.875. The highest BCUT2D eigenvalue weighted by molar-refractivity contribution is 5.76. The first-order valence-corrected chi connectivity index (χ1v) is 8.42. The average molecular weight is 296 g/mol. The van der Waals surface area contributed by atoms with Crippen LogP contribution in [0.1, 0.15) is 64.7 Å². The molecule has 1 saturated heterocycles. The number of nitrogens with zero attached hydrogens (tertiary/aromatic N) is 2. The number of urea groups is 1. The van der Waals surface area contributed by atoms with Crippen LogP contribution in [-0.4, -0.2) is 52.1 Å². The smallest absolute Gasteiger partial charge is 0.320 e. The molecule has 1 unspecified atom stereocenters. The summed E-state index contributed by atoms with van der Waals surface area (Å²) in [5.74, 6) is -0.805. The SMILES string of the molecule is CCN(C(=O)N1CCCCC1CC(=O)O)C1CCCCC1. The van der Waals surface area contributed by atoms with Crippen LogP contribution in [0.2, 0.25) is 0 Å². The van der Waals surface area contributed by atoms with E-state index in [0.29, 0.717) is 12.6 Å². The van der Waals surface area contributed by atoms with E-state index in [1.165, 1.54) is 19.3 Å². The molecular formula is C16H28N2O3. The van der Waals surface area contributed by atoms with Gasteiger partial charge in [0.05, 0.1) is 6.42 Å². The fourth-order valence-corrected chi connectivity index (χ4v) is 3.77. The Morgan fingerprint density at radius 1 is 1.10 bits per heavy atom. The van der Waals surface area contributed by atoms with E-state index in [2.05, 4.69) is 0 Å². The van der Waals surface area contributed by atoms with Crippen molar-refractivity contribution in [3.63, 3.8) is 0 Å². The third-order valence-corrected chi connectivity index (χ3v) is 4.88. The molecule has 0 bridgehead atoms. The van der Waals surface area contributed by atoms with Crippen molar-refractivity contribution >= 4 is 12.0 Å². The lowest BCUT2D eigenvalue weighted by Crippen LogP contribution is -2.54. The van der Waals surface area contributed by atoms with E-state index >= 15 is 0 Å². The first-order valence-electron chi connectivity index (χ1n) is 8.42. The van der Waals surface area contributed by atoms with Gasteiger partial charge in [-0.1, -0.05) is 19.3 Å². The number of carboxylic acids is 1. The van der Waals surface area contributed by atoms with E-state index in [-0.39, 0.29) is 18.5 Å². The second kappa shape index (κ2) is 7.66. The molecule has 0 radical (unpaired) electrons. The van der Waals surface area contributed by atoms with Crippen molar-refractivity contribution in [3.05, 3.63) is 0 Å². The first-order chi connectivity index (χ1) is 10.1. The number of aliphatic carboxylic acids is 1. The molecule has 1 atom stereocenters. The van der Waals surface area contributed by atoms with E-state index in [0.717, 1.165) is 38.6 Å². The standard InChI is InChI=1S/C16H28N2O3/c1-2-17(13-8-4-3-5-9-13)16(21)18-11-7-6-10-14(18)12-15(19)20/h13-14H,2-12H2,1H3,(H,19,20). The molecule has 1 aliphatic carbocycles. The average Bonchev–Trinajstić information content (AvgIpc) is 2.49. The molecule has 0 spiro atoms. The number of hydrogen-bond acceptors (Lipinski definition) is 2. The Hall–Kier alpha value is -1.26. The van der Waals surface area contributed by atoms with Gasteiger partial charge in [-0.2, -0.15) is 0 Å². The maximum Gasteiger partial charge on any atom is 0.320 e. The molecule has 1 heterocycles. The van der Waals surface area contributed by atoms with Crippen molar-refractivity contribution in [2.24, 2.45) is 0 Å². The number of carbonyl (C=O) groups is 2. The number of rotatable bonds is 4. The molecule has 2 rings (SSSR count). The summed E-state index contributed by atoms with van der Waals surface area (Å²) in [6.45, 7) is 3.46. The largest absolute Gasteiger partial charge is 0.481 e. The Balaban J connectivity index is 2.04. The highest BCUT2D eigenvalue weighted by Gasteiger charge is 2.33. The van der Waals surface area contributed by atoms with Gasteiger partial charge < -0.3 is 14.9 Å². The molecule has 2 amide bonds. The van der Waals surface area contributed by atoms with Gasteiger partial charge in [-0.25, -0.2) is 4.79 Å². The number of amides is 2. The maximum absolute atomic E-state index is 12.9. The molecule has 21 heavy (non-hydrogen) atoms. The summed E-state index contributed by atoms with van der Waals surface area (Å²) in [6.07, 6.45) is 8.78. The van der Waals surface area contributed by atoms with Gasteiger partial charge >= 0.3 is 12.0 Å². The molecular weight excluding hydrogens is 268 g/mol. The van der Waals surface area contributed by atoms with Crippen LogP contribution in [0.15, 0.2) is 0 Å². The Labute approximate surface area is 127 Å². The molecule has 0 aromatic heterocycles. The van der Waals surface area contributed by atoms with Gasteiger partial charge in [-0.3, -0.25) is 4.79 Å². The normalized spacial score (nSPS) is 23.9. The van der Waals surface area contributed by atoms with Crippen LogP contribution in [-0.2, 0) is 4.79 Å². The van der Waals surface area contributed by atoms with E-state index in [1.807, 2.05) is 16.7 Å². The highest BCUT2D eigenvalue weighted by atomic mass is 16.4. The summed E-state index contributed by atoms with van der Waals surface area (Å²) < 4.78 is 0. The fourth-order valence-electron chi connectivity index (χ4n) is 3.77. The van der Waals surface area contributed by atoms with Crippen LogP contribution < -0.4 is 0 Å². The van der Waals surface area contributed by atoms with E-state index < -0.39 is 5.97 Å². The number of piperidine rings is 1. The number of hydrogen-bond donors (Lipinski definition) is 1. The van der Waals surface area contributed by atoms with Crippen LogP contribution in [0.4, 0.5) is 4.79 Å².